The van der Waals surface area contributed by atoms with Gasteiger partial charge in [0.25, 0.3) is 5.69 Å². The van der Waals surface area contributed by atoms with Crippen LogP contribution in [0.1, 0.15) is 29.6 Å². The zero-order valence-electron chi connectivity index (χ0n) is 10.2. The third kappa shape index (κ3) is 3.09. The Morgan fingerprint density at radius 2 is 2.21 bits per heavy atom. The zero-order valence-corrected chi connectivity index (χ0v) is 10.2. The van der Waals surface area contributed by atoms with Crippen molar-refractivity contribution in [1.82, 2.24) is 0 Å². The van der Waals surface area contributed by atoms with Crippen LogP contribution in [-0.4, -0.2) is 22.0 Å². The fraction of sp³-hybridized carbons (Fsp3) is 0.308. The summed E-state index contributed by atoms with van der Waals surface area (Å²) in [6.07, 6.45) is 7.01. The molecule has 0 fully saturated rings. The number of rotatable bonds is 4. The summed E-state index contributed by atoms with van der Waals surface area (Å²) in [5.74, 6) is -1.29. The molecule has 1 aliphatic rings. The van der Waals surface area contributed by atoms with E-state index in [-0.39, 0.29) is 17.3 Å². The Morgan fingerprint density at radius 3 is 2.79 bits per heavy atom. The van der Waals surface area contributed by atoms with Crippen LogP contribution in [0, 0.1) is 10.1 Å². The molecule has 19 heavy (non-hydrogen) atoms. The highest BCUT2D eigenvalue weighted by Gasteiger charge is 2.20. The van der Waals surface area contributed by atoms with Gasteiger partial charge in [0, 0.05) is 17.8 Å². The maximum Gasteiger partial charge on any atom is 0.342 e. The van der Waals surface area contributed by atoms with Crippen molar-refractivity contribution < 1.29 is 14.8 Å². The molecule has 0 saturated heterocycles. The van der Waals surface area contributed by atoms with Gasteiger partial charge < -0.3 is 10.4 Å². The lowest BCUT2D eigenvalue weighted by Crippen LogP contribution is -2.20. The summed E-state index contributed by atoms with van der Waals surface area (Å²) in [4.78, 5) is 21.1. The first-order chi connectivity index (χ1) is 9.08. The summed E-state index contributed by atoms with van der Waals surface area (Å²) in [6.45, 7) is 0. The van der Waals surface area contributed by atoms with E-state index in [4.69, 9.17) is 5.11 Å². The number of benzene rings is 1. The van der Waals surface area contributed by atoms with Crippen molar-refractivity contribution in [2.45, 2.75) is 25.3 Å². The van der Waals surface area contributed by atoms with E-state index in [0.29, 0.717) is 5.69 Å². The fourth-order valence-corrected chi connectivity index (χ4v) is 2.12. The lowest BCUT2D eigenvalue weighted by molar-refractivity contribution is -0.385. The first kappa shape index (κ1) is 13.1. The Labute approximate surface area is 109 Å². The van der Waals surface area contributed by atoms with Crippen LogP contribution in [0.3, 0.4) is 0 Å². The molecule has 0 amide bonds. The molecule has 6 nitrogen and oxygen atoms in total. The van der Waals surface area contributed by atoms with E-state index in [2.05, 4.69) is 17.5 Å². The van der Waals surface area contributed by atoms with E-state index >= 15 is 0 Å². The molecular formula is C13H14N2O4. The van der Waals surface area contributed by atoms with Gasteiger partial charge in [0.05, 0.1) is 4.92 Å². The minimum atomic E-state index is -1.29. The van der Waals surface area contributed by atoms with E-state index in [9.17, 15) is 14.9 Å². The Balaban J connectivity index is 2.22. The van der Waals surface area contributed by atoms with Crippen LogP contribution in [0.15, 0.2) is 30.4 Å². The number of carboxylic acids is 1. The van der Waals surface area contributed by atoms with Crippen molar-refractivity contribution in [2.24, 2.45) is 0 Å². The fourth-order valence-electron chi connectivity index (χ4n) is 2.12. The highest BCUT2D eigenvalue weighted by Crippen LogP contribution is 2.24. The minimum absolute atomic E-state index is 0.244. The lowest BCUT2D eigenvalue weighted by Gasteiger charge is -2.20. The van der Waals surface area contributed by atoms with Crippen molar-refractivity contribution in [3.63, 3.8) is 0 Å². The van der Waals surface area contributed by atoms with E-state index < -0.39 is 10.9 Å². The van der Waals surface area contributed by atoms with Crippen molar-refractivity contribution >= 4 is 17.3 Å². The topological polar surface area (TPSA) is 92.5 Å². The summed E-state index contributed by atoms with van der Waals surface area (Å²) >= 11 is 0. The maximum atomic E-state index is 11.0. The second-order valence-corrected chi connectivity index (χ2v) is 4.42. The molecule has 1 aliphatic carbocycles. The highest BCUT2D eigenvalue weighted by molar-refractivity contribution is 5.93. The van der Waals surface area contributed by atoms with Crippen molar-refractivity contribution in [2.75, 3.05) is 5.32 Å². The van der Waals surface area contributed by atoms with E-state index in [1.807, 2.05) is 0 Å². The predicted octanol–water partition coefficient (Wildman–Crippen LogP) is 2.81. The lowest BCUT2D eigenvalue weighted by atomic mass is 10.0. The SMILES string of the molecule is O=C(O)c1cc(NC2CC=CCC2)ccc1[N+](=O)[O-]. The molecule has 0 spiro atoms. The van der Waals surface area contributed by atoms with Crippen LogP contribution in [0.25, 0.3) is 0 Å². The smallest absolute Gasteiger partial charge is 0.342 e. The number of nitrogens with zero attached hydrogens (tertiary/aromatic N) is 1. The van der Waals surface area contributed by atoms with Gasteiger partial charge in [0.2, 0.25) is 0 Å². The summed E-state index contributed by atoms with van der Waals surface area (Å²) in [5.41, 5.74) is -0.0776. The van der Waals surface area contributed by atoms with E-state index in [1.165, 1.54) is 12.1 Å². The van der Waals surface area contributed by atoms with Gasteiger partial charge in [-0.25, -0.2) is 4.79 Å². The van der Waals surface area contributed by atoms with Crippen LogP contribution in [0.2, 0.25) is 0 Å². The van der Waals surface area contributed by atoms with Gasteiger partial charge in [0.1, 0.15) is 5.56 Å². The van der Waals surface area contributed by atoms with Gasteiger partial charge in [-0.05, 0) is 31.4 Å². The van der Waals surface area contributed by atoms with Crippen molar-refractivity contribution in [3.05, 3.63) is 46.0 Å². The number of nitro benzene ring substituents is 1. The quantitative estimate of drug-likeness (QED) is 0.494. The molecule has 2 rings (SSSR count). The van der Waals surface area contributed by atoms with Crippen LogP contribution in [0.4, 0.5) is 11.4 Å². The first-order valence-corrected chi connectivity index (χ1v) is 6.01. The number of carbonyl (C=O) groups is 1. The van der Waals surface area contributed by atoms with Gasteiger partial charge in [-0.1, -0.05) is 12.2 Å². The standard InChI is InChI=1S/C13H14N2O4/c16-13(17)11-8-10(6-7-12(11)15(18)19)14-9-4-2-1-3-5-9/h1-2,6-9,14H,3-5H2,(H,16,17). The number of allylic oxidation sites excluding steroid dienone is 1. The van der Waals surface area contributed by atoms with Crippen LogP contribution < -0.4 is 5.32 Å². The van der Waals surface area contributed by atoms with Gasteiger partial charge >= 0.3 is 5.97 Å². The summed E-state index contributed by atoms with van der Waals surface area (Å²) in [6, 6.07) is 4.33. The third-order valence-corrected chi connectivity index (χ3v) is 3.06. The van der Waals surface area contributed by atoms with Crippen molar-refractivity contribution in [3.8, 4) is 0 Å². The summed E-state index contributed by atoms with van der Waals surface area (Å²) in [5, 5.41) is 22.9. The van der Waals surface area contributed by atoms with Crippen molar-refractivity contribution in [1.29, 1.82) is 0 Å². The first-order valence-electron chi connectivity index (χ1n) is 6.01. The normalized spacial score (nSPS) is 18.0. The number of carboxylic acid groups (broad SMARTS) is 1. The molecule has 0 heterocycles. The second kappa shape index (κ2) is 5.51. The molecule has 0 aromatic heterocycles. The molecule has 1 aromatic carbocycles. The average Bonchev–Trinajstić information content (AvgIpc) is 2.39. The van der Waals surface area contributed by atoms with Gasteiger partial charge in [0.15, 0.2) is 0 Å². The molecule has 0 bridgehead atoms. The minimum Gasteiger partial charge on any atom is -0.477 e. The van der Waals surface area contributed by atoms with Crippen LogP contribution in [0.5, 0.6) is 0 Å². The van der Waals surface area contributed by atoms with Gasteiger partial charge in [-0.15, -0.1) is 0 Å². The number of anilines is 1. The molecule has 0 saturated carbocycles. The second-order valence-electron chi connectivity index (χ2n) is 4.42. The third-order valence-electron chi connectivity index (χ3n) is 3.06. The molecule has 0 aliphatic heterocycles. The average molecular weight is 262 g/mol. The number of nitro groups is 1. The molecule has 1 atom stereocenters. The number of aromatic carboxylic acids is 1. The largest absolute Gasteiger partial charge is 0.477 e. The number of hydrogen-bond donors (Lipinski definition) is 2. The molecule has 1 aromatic rings. The highest BCUT2D eigenvalue weighted by atomic mass is 16.6. The number of hydrogen-bond acceptors (Lipinski definition) is 4. The number of nitrogens with one attached hydrogen (secondary N) is 1. The monoisotopic (exact) mass is 262 g/mol. The predicted molar refractivity (Wildman–Crippen MR) is 70.5 cm³/mol. The molecule has 1 unspecified atom stereocenters. The Bertz CT molecular complexity index is 539. The maximum absolute atomic E-state index is 11.0. The van der Waals surface area contributed by atoms with Gasteiger partial charge in [-0.2, -0.15) is 0 Å². The van der Waals surface area contributed by atoms with Gasteiger partial charge in [-0.3, -0.25) is 10.1 Å². The van der Waals surface area contributed by atoms with E-state index in [1.54, 1.807) is 6.07 Å². The summed E-state index contributed by atoms with van der Waals surface area (Å²) in [7, 11) is 0. The van der Waals surface area contributed by atoms with Crippen LogP contribution >= 0.6 is 0 Å². The Hall–Kier alpha value is -2.37. The van der Waals surface area contributed by atoms with Crippen LogP contribution in [-0.2, 0) is 0 Å². The van der Waals surface area contributed by atoms with E-state index in [0.717, 1.165) is 19.3 Å². The Kier molecular flexibility index (Phi) is 3.79. The molecule has 100 valence electrons. The molecule has 6 heteroatoms. The molecular weight excluding hydrogens is 248 g/mol. The molecule has 2 N–H and O–H groups in total. The summed E-state index contributed by atoms with van der Waals surface area (Å²) < 4.78 is 0. The molecule has 0 radical (unpaired) electrons. The Morgan fingerprint density at radius 1 is 1.42 bits per heavy atom. The zero-order chi connectivity index (χ0) is 13.8.